The molecule has 2 aromatic rings. The fourth-order valence-electron chi connectivity index (χ4n) is 4.67. The second kappa shape index (κ2) is 6.83. The topological polar surface area (TPSA) is 83.5 Å². The fourth-order valence-corrected chi connectivity index (χ4v) is 4.67. The van der Waals surface area contributed by atoms with E-state index in [0.717, 1.165) is 11.1 Å². The minimum Gasteiger partial charge on any atom is -0.493 e. The van der Waals surface area contributed by atoms with Crippen molar-refractivity contribution in [2.75, 3.05) is 34.7 Å². The maximum atomic E-state index is 13.4. The van der Waals surface area contributed by atoms with E-state index in [1.165, 1.54) is 21.3 Å². The molecule has 8 heteroatoms. The van der Waals surface area contributed by atoms with Gasteiger partial charge < -0.3 is 28.6 Å². The molecular formula is C22H21NO7. The van der Waals surface area contributed by atoms with Gasteiger partial charge in [-0.25, -0.2) is 0 Å². The molecule has 3 aliphatic rings. The third-order valence-electron chi connectivity index (χ3n) is 6.06. The largest absolute Gasteiger partial charge is 0.493 e. The number of ether oxygens (including phenoxy) is 5. The van der Waals surface area contributed by atoms with Gasteiger partial charge in [0.05, 0.1) is 27.4 Å². The number of benzene rings is 2. The molecule has 0 saturated heterocycles. The van der Waals surface area contributed by atoms with E-state index < -0.39 is 17.9 Å². The van der Waals surface area contributed by atoms with Crippen molar-refractivity contribution in [3.8, 4) is 23.0 Å². The summed E-state index contributed by atoms with van der Waals surface area (Å²) in [7, 11) is 4.38. The summed E-state index contributed by atoms with van der Waals surface area (Å²) < 4.78 is 27.0. The molecule has 1 amide bonds. The van der Waals surface area contributed by atoms with Crippen molar-refractivity contribution >= 4 is 11.9 Å². The fraction of sp³-hybridized carbons (Fsp3) is 0.364. The molecule has 0 bridgehead atoms. The average Bonchev–Trinajstić information content (AvgIpc) is 3.23. The smallest absolute Gasteiger partial charge is 0.315 e. The molecule has 0 spiro atoms. The first kappa shape index (κ1) is 18.6. The minimum absolute atomic E-state index is 0.153. The van der Waals surface area contributed by atoms with Gasteiger partial charge in [0.15, 0.2) is 23.0 Å². The third kappa shape index (κ3) is 2.52. The van der Waals surface area contributed by atoms with Crippen LogP contribution in [0.1, 0.15) is 39.0 Å². The molecular weight excluding hydrogens is 390 g/mol. The highest BCUT2D eigenvalue weighted by Crippen LogP contribution is 2.50. The maximum absolute atomic E-state index is 13.4. The number of hydrogen-bond donors (Lipinski definition) is 0. The van der Waals surface area contributed by atoms with Gasteiger partial charge in [-0.3, -0.25) is 9.59 Å². The summed E-state index contributed by atoms with van der Waals surface area (Å²) in [5.74, 6) is 0.911. The second-order valence-corrected chi connectivity index (χ2v) is 7.39. The van der Waals surface area contributed by atoms with E-state index in [1.807, 2.05) is 12.1 Å². The first-order chi connectivity index (χ1) is 14.6. The predicted molar refractivity (Wildman–Crippen MR) is 104 cm³/mol. The zero-order valence-corrected chi connectivity index (χ0v) is 16.9. The Bertz CT molecular complexity index is 1060. The van der Waals surface area contributed by atoms with Gasteiger partial charge in [-0.2, -0.15) is 0 Å². The lowest BCUT2D eigenvalue weighted by Crippen LogP contribution is -2.48. The second-order valence-electron chi connectivity index (χ2n) is 7.39. The van der Waals surface area contributed by atoms with Crippen LogP contribution in [0.5, 0.6) is 23.0 Å². The van der Waals surface area contributed by atoms with Gasteiger partial charge in [0, 0.05) is 12.1 Å². The van der Waals surface area contributed by atoms with E-state index in [-0.39, 0.29) is 12.7 Å². The van der Waals surface area contributed by atoms with Crippen LogP contribution in [0.3, 0.4) is 0 Å². The van der Waals surface area contributed by atoms with Crippen molar-refractivity contribution in [1.82, 2.24) is 4.90 Å². The molecule has 0 fully saturated rings. The zero-order chi connectivity index (χ0) is 21.0. The predicted octanol–water partition coefficient (Wildman–Crippen LogP) is 2.44. The quantitative estimate of drug-likeness (QED) is 0.718. The first-order valence-corrected chi connectivity index (χ1v) is 9.64. The summed E-state index contributed by atoms with van der Waals surface area (Å²) in [5, 5.41) is 0. The lowest BCUT2D eigenvalue weighted by molar-refractivity contribution is -0.144. The number of hydrogen-bond acceptors (Lipinski definition) is 7. The number of esters is 1. The van der Waals surface area contributed by atoms with E-state index in [0.29, 0.717) is 47.1 Å². The highest BCUT2D eigenvalue weighted by Gasteiger charge is 2.48. The molecule has 30 heavy (non-hydrogen) atoms. The zero-order valence-electron chi connectivity index (χ0n) is 16.9. The number of carbonyl (C=O) groups is 2. The standard InChI is InChI=1S/C22H21NO7/c1-26-15-8-13-14(9-16(15)27-2)21(24)23-5-4-11-6-17-18(30-10-29-17)7-12(11)20(23)19(13)22(25)28-3/h6-9,19-20H,4-5,10H2,1-3H3/t19-,20-/m1/s1. The first-order valence-electron chi connectivity index (χ1n) is 9.64. The van der Waals surface area contributed by atoms with Gasteiger partial charge in [0.25, 0.3) is 5.91 Å². The number of rotatable bonds is 3. The monoisotopic (exact) mass is 411 g/mol. The molecule has 0 aliphatic carbocycles. The number of nitrogens with zero attached hydrogens (tertiary/aromatic N) is 1. The maximum Gasteiger partial charge on any atom is 0.315 e. The summed E-state index contributed by atoms with van der Waals surface area (Å²) in [6.45, 7) is 0.642. The van der Waals surface area contributed by atoms with Crippen molar-refractivity contribution in [3.63, 3.8) is 0 Å². The van der Waals surface area contributed by atoms with Crippen molar-refractivity contribution in [3.05, 3.63) is 46.5 Å². The summed E-state index contributed by atoms with van der Waals surface area (Å²) in [4.78, 5) is 28.2. The Morgan fingerprint density at radius 1 is 1.00 bits per heavy atom. The van der Waals surface area contributed by atoms with E-state index in [1.54, 1.807) is 17.0 Å². The van der Waals surface area contributed by atoms with Crippen LogP contribution in [-0.2, 0) is 16.0 Å². The Kier molecular flexibility index (Phi) is 4.23. The van der Waals surface area contributed by atoms with Crippen LogP contribution in [0.15, 0.2) is 24.3 Å². The van der Waals surface area contributed by atoms with Crippen LogP contribution in [0.2, 0.25) is 0 Å². The molecule has 0 unspecified atom stereocenters. The van der Waals surface area contributed by atoms with Crippen LogP contribution in [0.25, 0.3) is 0 Å². The van der Waals surface area contributed by atoms with Crippen LogP contribution in [0, 0.1) is 0 Å². The summed E-state index contributed by atoms with van der Waals surface area (Å²) in [6, 6.07) is 6.65. The van der Waals surface area contributed by atoms with Crippen molar-refractivity contribution < 1.29 is 33.3 Å². The number of fused-ring (bicyclic) bond motifs is 5. The van der Waals surface area contributed by atoms with E-state index in [9.17, 15) is 9.59 Å². The van der Waals surface area contributed by atoms with Crippen molar-refractivity contribution in [2.24, 2.45) is 0 Å². The van der Waals surface area contributed by atoms with Gasteiger partial charge in [0.1, 0.15) is 5.92 Å². The molecule has 0 aromatic heterocycles. The molecule has 8 nitrogen and oxygen atoms in total. The van der Waals surface area contributed by atoms with Gasteiger partial charge in [0.2, 0.25) is 6.79 Å². The minimum atomic E-state index is -0.707. The van der Waals surface area contributed by atoms with Crippen LogP contribution >= 0.6 is 0 Å². The Labute approximate surface area is 173 Å². The van der Waals surface area contributed by atoms with Crippen molar-refractivity contribution in [2.45, 2.75) is 18.4 Å². The summed E-state index contributed by atoms with van der Waals surface area (Å²) in [5.41, 5.74) is 2.89. The number of methoxy groups -OCH3 is 3. The van der Waals surface area contributed by atoms with Crippen molar-refractivity contribution in [1.29, 1.82) is 0 Å². The molecule has 0 saturated carbocycles. The average molecular weight is 411 g/mol. The Morgan fingerprint density at radius 2 is 1.70 bits per heavy atom. The van der Waals surface area contributed by atoms with Gasteiger partial charge in [-0.05, 0) is 47.4 Å². The van der Waals surface area contributed by atoms with Crippen LogP contribution < -0.4 is 18.9 Å². The van der Waals surface area contributed by atoms with Crippen LogP contribution in [0.4, 0.5) is 0 Å². The summed E-state index contributed by atoms with van der Waals surface area (Å²) in [6.07, 6.45) is 0.657. The van der Waals surface area contributed by atoms with Gasteiger partial charge in [-0.1, -0.05) is 0 Å². The normalized spacial score (nSPS) is 20.8. The highest BCUT2D eigenvalue weighted by atomic mass is 16.7. The Balaban J connectivity index is 1.73. The van der Waals surface area contributed by atoms with E-state index in [4.69, 9.17) is 23.7 Å². The molecule has 3 heterocycles. The van der Waals surface area contributed by atoms with E-state index in [2.05, 4.69) is 0 Å². The SMILES string of the molecule is COC(=O)[C@@H]1c2cc(OC)c(OC)cc2C(=O)N2CCc3cc4c(cc3[C@H]12)OCO4. The Hall–Kier alpha value is -3.42. The van der Waals surface area contributed by atoms with Crippen LogP contribution in [-0.4, -0.2) is 51.4 Å². The number of amides is 1. The molecule has 0 N–H and O–H groups in total. The third-order valence-corrected chi connectivity index (χ3v) is 6.06. The molecule has 0 radical (unpaired) electrons. The molecule has 3 aliphatic heterocycles. The molecule has 2 aromatic carbocycles. The van der Waals surface area contributed by atoms with E-state index >= 15 is 0 Å². The molecule has 5 rings (SSSR count). The van der Waals surface area contributed by atoms with Gasteiger partial charge in [-0.15, -0.1) is 0 Å². The lowest BCUT2D eigenvalue weighted by atomic mass is 9.76. The lowest BCUT2D eigenvalue weighted by Gasteiger charge is -2.44. The summed E-state index contributed by atoms with van der Waals surface area (Å²) >= 11 is 0. The highest BCUT2D eigenvalue weighted by molar-refractivity contribution is 6.01. The Morgan fingerprint density at radius 3 is 2.40 bits per heavy atom. The number of carbonyl (C=O) groups excluding carboxylic acids is 2. The van der Waals surface area contributed by atoms with Gasteiger partial charge >= 0.3 is 5.97 Å². The molecule has 2 atom stereocenters. The molecule has 156 valence electrons.